The summed E-state index contributed by atoms with van der Waals surface area (Å²) in [5.74, 6) is 3.09. The SMILES string of the molecule is CCC(CS)CN1CCSC(C)(C)C1. The van der Waals surface area contributed by atoms with Gasteiger partial charge in [-0.05, 0) is 25.5 Å². The fraction of sp³-hybridized carbons (Fsp3) is 1.00. The highest BCUT2D eigenvalue weighted by Gasteiger charge is 2.27. The van der Waals surface area contributed by atoms with Gasteiger partial charge in [0.1, 0.15) is 0 Å². The Morgan fingerprint density at radius 1 is 1.50 bits per heavy atom. The van der Waals surface area contributed by atoms with Crippen LogP contribution in [0.1, 0.15) is 27.2 Å². The molecule has 14 heavy (non-hydrogen) atoms. The Balaban J connectivity index is 2.37. The lowest BCUT2D eigenvalue weighted by Crippen LogP contribution is -2.45. The van der Waals surface area contributed by atoms with Crippen molar-refractivity contribution in [3.05, 3.63) is 0 Å². The minimum atomic E-state index is 0.452. The Morgan fingerprint density at radius 2 is 2.21 bits per heavy atom. The molecule has 1 nitrogen and oxygen atoms in total. The van der Waals surface area contributed by atoms with E-state index in [0.29, 0.717) is 4.75 Å². The van der Waals surface area contributed by atoms with Gasteiger partial charge in [-0.1, -0.05) is 13.3 Å². The van der Waals surface area contributed by atoms with E-state index in [0.717, 1.165) is 11.7 Å². The molecule has 0 aliphatic carbocycles. The second-order valence-corrected chi connectivity index (χ2v) is 6.97. The number of hydrogen-bond acceptors (Lipinski definition) is 3. The fourth-order valence-electron chi connectivity index (χ4n) is 1.95. The molecule has 0 N–H and O–H groups in total. The fourth-order valence-corrected chi connectivity index (χ4v) is 3.50. The van der Waals surface area contributed by atoms with Crippen molar-refractivity contribution in [3.8, 4) is 0 Å². The lowest BCUT2D eigenvalue weighted by Gasteiger charge is -2.38. The van der Waals surface area contributed by atoms with Crippen LogP contribution in [0.5, 0.6) is 0 Å². The molecule has 0 aromatic rings. The van der Waals surface area contributed by atoms with Crippen LogP contribution in [0.15, 0.2) is 0 Å². The Labute approximate surface area is 98.4 Å². The first-order chi connectivity index (χ1) is 6.57. The molecule has 0 aromatic carbocycles. The quantitative estimate of drug-likeness (QED) is 0.744. The minimum Gasteiger partial charge on any atom is -0.301 e. The van der Waals surface area contributed by atoms with Crippen molar-refractivity contribution < 1.29 is 0 Å². The van der Waals surface area contributed by atoms with E-state index in [2.05, 4.69) is 50.1 Å². The van der Waals surface area contributed by atoms with E-state index >= 15 is 0 Å². The van der Waals surface area contributed by atoms with Gasteiger partial charge in [0.15, 0.2) is 0 Å². The topological polar surface area (TPSA) is 3.24 Å². The first kappa shape index (κ1) is 12.7. The van der Waals surface area contributed by atoms with Gasteiger partial charge in [0, 0.05) is 30.1 Å². The molecule has 0 saturated carbocycles. The van der Waals surface area contributed by atoms with Crippen LogP contribution in [0, 0.1) is 5.92 Å². The van der Waals surface area contributed by atoms with Crippen LogP contribution in [0.2, 0.25) is 0 Å². The van der Waals surface area contributed by atoms with Crippen LogP contribution < -0.4 is 0 Å². The van der Waals surface area contributed by atoms with E-state index < -0.39 is 0 Å². The van der Waals surface area contributed by atoms with Crippen molar-refractivity contribution in [2.45, 2.75) is 31.9 Å². The van der Waals surface area contributed by atoms with E-state index in [-0.39, 0.29) is 0 Å². The molecule has 0 amide bonds. The van der Waals surface area contributed by atoms with E-state index in [1.165, 1.54) is 31.8 Å². The highest BCUT2D eigenvalue weighted by Crippen LogP contribution is 2.29. The third-order valence-corrected chi connectivity index (χ3v) is 4.67. The van der Waals surface area contributed by atoms with Crippen LogP contribution in [0.4, 0.5) is 0 Å². The number of hydrogen-bond donors (Lipinski definition) is 1. The summed E-state index contributed by atoms with van der Waals surface area (Å²) in [6.07, 6.45) is 1.26. The molecule has 0 aromatic heterocycles. The summed E-state index contributed by atoms with van der Waals surface area (Å²) in [5.41, 5.74) is 0. The molecule has 1 atom stereocenters. The largest absolute Gasteiger partial charge is 0.301 e. The molecule has 1 fully saturated rings. The molecule has 1 aliphatic rings. The zero-order valence-corrected chi connectivity index (χ0v) is 11.3. The molecule has 84 valence electrons. The van der Waals surface area contributed by atoms with Crippen LogP contribution >= 0.6 is 24.4 Å². The van der Waals surface area contributed by atoms with Crippen molar-refractivity contribution in [2.75, 3.05) is 31.1 Å². The molecule has 0 spiro atoms. The number of thiol groups is 1. The lowest BCUT2D eigenvalue weighted by molar-refractivity contribution is 0.227. The molecule has 1 heterocycles. The van der Waals surface area contributed by atoms with Gasteiger partial charge in [0.05, 0.1) is 0 Å². The molecule has 3 heteroatoms. The summed E-state index contributed by atoms with van der Waals surface area (Å²) in [6.45, 7) is 10.7. The molecular formula is C11H23NS2. The normalized spacial score (nSPS) is 24.9. The van der Waals surface area contributed by atoms with E-state index in [1.807, 2.05) is 0 Å². The first-order valence-corrected chi connectivity index (χ1v) is 7.16. The van der Waals surface area contributed by atoms with Crippen LogP contribution in [0.3, 0.4) is 0 Å². The average molecular weight is 233 g/mol. The highest BCUT2D eigenvalue weighted by molar-refractivity contribution is 8.00. The van der Waals surface area contributed by atoms with Gasteiger partial charge in [-0.25, -0.2) is 0 Å². The standard InChI is InChI=1S/C11H23NS2/c1-4-10(8-13)7-12-5-6-14-11(2,3)9-12/h10,13H,4-9H2,1-3H3. The monoisotopic (exact) mass is 233 g/mol. The molecule has 1 aliphatic heterocycles. The van der Waals surface area contributed by atoms with Crippen molar-refractivity contribution in [3.63, 3.8) is 0 Å². The summed E-state index contributed by atoms with van der Waals surface area (Å²) in [7, 11) is 0. The molecular weight excluding hydrogens is 210 g/mol. The number of rotatable bonds is 4. The van der Waals surface area contributed by atoms with Gasteiger partial charge < -0.3 is 4.90 Å². The Hall–Kier alpha value is 0.660. The summed E-state index contributed by atoms with van der Waals surface area (Å²) >= 11 is 6.51. The molecule has 1 saturated heterocycles. The van der Waals surface area contributed by atoms with E-state index in [9.17, 15) is 0 Å². The second kappa shape index (κ2) is 5.66. The zero-order valence-electron chi connectivity index (χ0n) is 9.62. The van der Waals surface area contributed by atoms with Crippen LogP contribution in [-0.4, -0.2) is 40.8 Å². The van der Waals surface area contributed by atoms with Crippen molar-refractivity contribution in [1.29, 1.82) is 0 Å². The Morgan fingerprint density at radius 3 is 2.71 bits per heavy atom. The molecule has 1 rings (SSSR count). The third kappa shape index (κ3) is 4.03. The highest BCUT2D eigenvalue weighted by atomic mass is 32.2. The van der Waals surface area contributed by atoms with Crippen molar-refractivity contribution in [2.24, 2.45) is 5.92 Å². The smallest absolute Gasteiger partial charge is 0.0231 e. The lowest BCUT2D eigenvalue weighted by atomic mass is 10.1. The summed E-state index contributed by atoms with van der Waals surface area (Å²) < 4.78 is 0.452. The van der Waals surface area contributed by atoms with Crippen LogP contribution in [0.25, 0.3) is 0 Å². The van der Waals surface area contributed by atoms with Gasteiger partial charge in [0.2, 0.25) is 0 Å². The van der Waals surface area contributed by atoms with E-state index in [1.54, 1.807) is 0 Å². The van der Waals surface area contributed by atoms with E-state index in [4.69, 9.17) is 0 Å². The minimum absolute atomic E-state index is 0.452. The number of thioether (sulfide) groups is 1. The average Bonchev–Trinajstić information content (AvgIpc) is 2.12. The predicted octanol–water partition coefficient (Wildman–Crippen LogP) is 2.77. The predicted molar refractivity (Wildman–Crippen MR) is 70.6 cm³/mol. The first-order valence-electron chi connectivity index (χ1n) is 5.54. The maximum Gasteiger partial charge on any atom is 0.0231 e. The molecule has 1 unspecified atom stereocenters. The van der Waals surface area contributed by atoms with Gasteiger partial charge in [-0.2, -0.15) is 24.4 Å². The van der Waals surface area contributed by atoms with Gasteiger partial charge in [-0.3, -0.25) is 0 Å². The van der Waals surface area contributed by atoms with Gasteiger partial charge in [0.25, 0.3) is 0 Å². The summed E-state index contributed by atoms with van der Waals surface area (Å²) in [5, 5.41) is 0. The van der Waals surface area contributed by atoms with Crippen molar-refractivity contribution in [1.82, 2.24) is 4.90 Å². The van der Waals surface area contributed by atoms with Gasteiger partial charge in [-0.15, -0.1) is 0 Å². The van der Waals surface area contributed by atoms with Crippen molar-refractivity contribution >= 4 is 24.4 Å². The second-order valence-electron chi connectivity index (χ2n) is 4.80. The molecule has 0 radical (unpaired) electrons. The van der Waals surface area contributed by atoms with Crippen LogP contribution in [-0.2, 0) is 0 Å². The molecule has 0 bridgehead atoms. The summed E-state index contributed by atoms with van der Waals surface area (Å²) in [4.78, 5) is 2.61. The maximum atomic E-state index is 4.41. The third-order valence-electron chi connectivity index (χ3n) is 2.86. The maximum absolute atomic E-state index is 4.41. The summed E-state index contributed by atoms with van der Waals surface area (Å²) in [6, 6.07) is 0. The Bertz CT molecular complexity index is 167. The van der Waals surface area contributed by atoms with Gasteiger partial charge >= 0.3 is 0 Å². The zero-order chi connectivity index (χ0) is 10.6. The number of nitrogens with zero attached hydrogens (tertiary/aromatic N) is 1. The Kier molecular flexibility index (Phi) is 5.15.